The van der Waals surface area contributed by atoms with Crippen molar-refractivity contribution >= 4 is 29.2 Å². The van der Waals surface area contributed by atoms with E-state index in [2.05, 4.69) is 16.4 Å². The van der Waals surface area contributed by atoms with Gasteiger partial charge in [0.15, 0.2) is 0 Å². The fraction of sp³-hybridized carbons (Fsp3) is 0.410. The maximum atomic E-state index is 11.7. The standard InChI is InChI=1S/C39H43Cl2N3O7/c1-39(21-45,38(47)48)18-17-22-19-29(40)37(44-35(22)49-2)51-33-16-14-25-24(7-4-8-26(25)33)27-9-5-10-28(34(27)41)30-15-13-23(36(43-30)50-3)20-42-31-11-6-12-32(31)46/h4-5,7-10,13,15,19,31-33,42,45-46H,6,11-12,14,16-18,20-21H2,1-3H3,(H,47,48)/t31-,32+,33+,39+/m1/s1. The molecule has 2 heterocycles. The highest BCUT2D eigenvalue weighted by atomic mass is 35.5. The van der Waals surface area contributed by atoms with Crippen LogP contribution in [0.3, 0.4) is 0 Å². The van der Waals surface area contributed by atoms with Crippen LogP contribution in [0.25, 0.3) is 22.4 Å². The third-order valence-electron chi connectivity index (χ3n) is 10.2. The number of carboxylic acid groups (broad SMARTS) is 1. The van der Waals surface area contributed by atoms with Gasteiger partial charge in [-0.1, -0.05) is 65.7 Å². The molecule has 4 aromatic rings. The monoisotopic (exact) mass is 735 g/mol. The molecule has 0 amide bonds. The first kappa shape index (κ1) is 36.8. The number of benzene rings is 2. The molecule has 2 aliphatic rings. The Morgan fingerprint density at radius 2 is 1.67 bits per heavy atom. The van der Waals surface area contributed by atoms with Gasteiger partial charge in [-0.2, -0.15) is 4.98 Å². The lowest BCUT2D eigenvalue weighted by molar-refractivity contribution is -0.150. The number of methoxy groups -OCH3 is 2. The predicted octanol–water partition coefficient (Wildman–Crippen LogP) is 7.22. The maximum Gasteiger partial charge on any atom is 0.311 e. The number of carboxylic acids is 1. The Morgan fingerprint density at radius 3 is 2.37 bits per heavy atom. The van der Waals surface area contributed by atoms with Crippen LogP contribution >= 0.6 is 23.2 Å². The fourth-order valence-corrected chi connectivity index (χ4v) is 7.55. The number of aliphatic hydroxyl groups excluding tert-OH is 2. The molecule has 0 radical (unpaired) electrons. The summed E-state index contributed by atoms with van der Waals surface area (Å²) in [6, 6.07) is 17.7. The Bertz CT molecular complexity index is 1910. The highest BCUT2D eigenvalue weighted by Crippen LogP contribution is 2.45. The highest BCUT2D eigenvalue weighted by Gasteiger charge is 2.33. The Balaban J connectivity index is 1.23. The van der Waals surface area contributed by atoms with E-state index in [4.69, 9.17) is 42.4 Å². The third-order valence-corrected chi connectivity index (χ3v) is 10.9. The summed E-state index contributed by atoms with van der Waals surface area (Å²) >= 11 is 13.8. The van der Waals surface area contributed by atoms with E-state index in [1.807, 2.05) is 42.5 Å². The predicted molar refractivity (Wildman–Crippen MR) is 196 cm³/mol. The van der Waals surface area contributed by atoms with Gasteiger partial charge in [-0.25, -0.2) is 4.98 Å². The third kappa shape index (κ3) is 7.66. The zero-order valence-electron chi connectivity index (χ0n) is 28.9. The molecule has 0 aliphatic heterocycles. The lowest BCUT2D eigenvalue weighted by Gasteiger charge is -2.22. The molecule has 4 atom stereocenters. The highest BCUT2D eigenvalue weighted by molar-refractivity contribution is 6.36. The summed E-state index contributed by atoms with van der Waals surface area (Å²) in [5, 5.41) is 33.7. The van der Waals surface area contributed by atoms with Crippen LogP contribution < -0.4 is 19.5 Å². The second-order valence-electron chi connectivity index (χ2n) is 13.5. The molecule has 0 unspecified atom stereocenters. The van der Waals surface area contributed by atoms with Crippen molar-refractivity contribution in [1.82, 2.24) is 15.3 Å². The summed E-state index contributed by atoms with van der Waals surface area (Å²) in [7, 11) is 3.09. The summed E-state index contributed by atoms with van der Waals surface area (Å²) in [5.41, 5.74) is 5.74. The van der Waals surface area contributed by atoms with Gasteiger partial charge in [-0.05, 0) is 80.7 Å². The van der Waals surface area contributed by atoms with Gasteiger partial charge < -0.3 is 34.8 Å². The number of nitrogens with zero attached hydrogens (tertiary/aromatic N) is 2. The van der Waals surface area contributed by atoms with Crippen molar-refractivity contribution in [3.8, 4) is 40.0 Å². The van der Waals surface area contributed by atoms with Crippen LogP contribution in [-0.4, -0.2) is 64.2 Å². The molecular weight excluding hydrogens is 693 g/mol. The van der Waals surface area contributed by atoms with E-state index in [1.54, 1.807) is 13.2 Å². The van der Waals surface area contributed by atoms with Crippen molar-refractivity contribution in [3.63, 3.8) is 0 Å². The van der Waals surface area contributed by atoms with Crippen LogP contribution in [0.15, 0.2) is 54.6 Å². The van der Waals surface area contributed by atoms with Gasteiger partial charge >= 0.3 is 5.97 Å². The molecule has 0 bridgehead atoms. The Hall–Kier alpha value is -3.93. The van der Waals surface area contributed by atoms with E-state index in [9.17, 15) is 20.1 Å². The first-order valence-electron chi connectivity index (χ1n) is 17.2. The molecule has 4 N–H and O–H groups in total. The van der Waals surface area contributed by atoms with E-state index in [0.717, 1.165) is 59.1 Å². The lowest BCUT2D eigenvalue weighted by Crippen LogP contribution is -2.35. The number of hydrogen-bond acceptors (Lipinski definition) is 9. The smallest absolute Gasteiger partial charge is 0.311 e. The second-order valence-corrected chi connectivity index (χ2v) is 14.3. The Morgan fingerprint density at radius 1 is 0.941 bits per heavy atom. The molecule has 12 heteroatoms. The quantitative estimate of drug-likeness (QED) is 0.105. The number of aromatic nitrogens is 2. The zero-order chi connectivity index (χ0) is 36.3. The average molecular weight is 737 g/mol. The molecule has 1 fully saturated rings. The minimum absolute atomic E-state index is 0.0710. The van der Waals surface area contributed by atoms with E-state index in [-0.39, 0.29) is 41.5 Å². The van der Waals surface area contributed by atoms with Gasteiger partial charge in [0.25, 0.3) is 0 Å². The Kier molecular flexibility index (Phi) is 11.4. The molecule has 6 rings (SSSR count). The van der Waals surface area contributed by atoms with Gasteiger partial charge in [0.05, 0.1) is 43.1 Å². The summed E-state index contributed by atoms with van der Waals surface area (Å²) in [6.07, 6.45) is 4.06. The number of halogens is 2. The summed E-state index contributed by atoms with van der Waals surface area (Å²) in [4.78, 5) is 21.1. The maximum absolute atomic E-state index is 11.7. The largest absolute Gasteiger partial charge is 0.481 e. The minimum atomic E-state index is -1.30. The fourth-order valence-electron chi connectivity index (χ4n) is 7.01. The SMILES string of the molecule is COc1nc(-c2cccc(-c3cccc4c3CC[C@@H]4Oc3nc(OC)c(CC[C@@](C)(CO)C(=O)O)cc3Cl)c2Cl)ccc1CN[C@@H]1CCC[C@@H]1O. The normalized spacial score (nSPS) is 19.4. The van der Waals surface area contributed by atoms with Crippen molar-refractivity contribution in [3.05, 3.63) is 86.9 Å². The minimum Gasteiger partial charge on any atom is -0.481 e. The molecule has 1 saturated carbocycles. The van der Waals surface area contributed by atoms with Crippen LogP contribution in [0.5, 0.6) is 17.6 Å². The zero-order valence-corrected chi connectivity index (χ0v) is 30.4. The van der Waals surface area contributed by atoms with Gasteiger partial charge in [-0.15, -0.1) is 0 Å². The van der Waals surface area contributed by atoms with Gasteiger partial charge in [0.1, 0.15) is 11.1 Å². The summed E-state index contributed by atoms with van der Waals surface area (Å²) in [6.45, 7) is 1.55. The second kappa shape index (κ2) is 15.8. The van der Waals surface area contributed by atoms with E-state index in [1.165, 1.54) is 14.0 Å². The molecule has 10 nitrogen and oxygen atoms in total. The number of rotatable bonds is 14. The van der Waals surface area contributed by atoms with Crippen molar-refractivity contribution < 1.29 is 34.3 Å². The number of fused-ring (bicyclic) bond motifs is 1. The van der Waals surface area contributed by atoms with Gasteiger partial charge in [0, 0.05) is 34.8 Å². The molecule has 51 heavy (non-hydrogen) atoms. The summed E-state index contributed by atoms with van der Waals surface area (Å²) < 4.78 is 17.6. The first-order valence-corrected chi connectivity index (χ1v) is 17.9. The van der Waals surface area contributed by atoms with Crippen molar-refractivity contribution in [2.75, 3.05) is 20.8 Å². The van der Waals surface area contributed by atoms with Crippen LogP contribution in [-0.2, 0) is 24.2 Å². The molecular formula is C39H43Cl2N3O7. The summed E-state index contributed by atoms with van der Waals surface area (Å²) in [5.74, 6) is -0.0543. The molecule has 0 saturated heterocycles. The first-order chi connectivity index (χ1) is 24.6. The van der Waals surface area contributed by atoms with E-state index in [0.29, 0.717) is 41.5 Å². The molecule has 2 aromatic heterocycles. The number of aryl methyl sites for hydroxylation is 1. The van der Waals surface area contributed by atoms with Crippen molar-refractivity contribution in [1.29, 1.82) is 0 Å². The molecule has 0 spiro atoms. The van der Waals surface area contributed by atoms with E-state index >= 15 is 0 Å². The van der Waals surface area contributed by atoms with E-state index < -0.39 is 18.0 Å². The van der Waals surface area contributed by atoms with Crippen LogP contribution in [0.4, 0.5) is 0 Å². The number of ether oxygens (including phenoxy) is 3. The van der Waals surface area contributed by atoms with Crippen molar-refractivity contribution in [2.24, 2.45) is 5.41 Å². The number of hydrogen-bond donors (Lipinski definition) is 4. The average Bonchev–Trinajstić information content (AvgIpc) is 3.75. The lowest BCUT2D eigenvalue weighted by atomic mass is 9.85. The molecule has 2 aromatic carbocycles. The number of aliphatic carboxylic acids is 1. The number of nitrogens with one attached hydrogen (secondary N) is 1. The van der Waals surface area contributed by atoms with Crippen LogP contribution in [0.1, 0.15) is 67.4 Å². The van der Waals surface area contributed by atoms with Crippen LogP contribution in [0.2, 0.25) is 10.0 Å². The van der Waals surface area contributed by atoms with Crippen LogP contribution in [0, 0.1) is 5.41 Å². The molecule has 2 aliphatic carbocycles. The number of aliphatic hydroxyl groups is 2. The topological polar surface area (TPSA) is 143 Å². The van der Waals surface area contributed by atoms with Gasteiger partial charge in [0.2, 0.25) is 17.6 Å². The number of pyridine rings is 2. The van der Waals surface area contributed by atoms with Gasteiger partial charge in [-0.3, -0.25) is 4.79 Å². The molecule has 270 valence electrons. The number of carbonyl (C=O) groups is 1. The van der Waals surface area contributed by atoms with Crippen molar-refractivity contribution in [2.45, 2.75) is 76.7 Å². The Labute approximate surface area is 307 Å².